The van der Waals surface area contributed by atoms with E-state index in [-0.39, 0.29) is 12.8 Å². The van der Waals surface area contributed by atoms with E-state index in [1.807, 2.05) is 0 Å². The molecule has 6 nitrogen and oxygen atoms in total. The number of hydrogen-bond acceptors (Lipinski definition) is 6. The molecule has 2 atom stereocenters. The first-order valence-corrected chi connectivity index (χ1v) is 6.29. The molecule has 0 radical (unpaired) electrons. The van der Waals surface area contributed by atoms with Gasteiger partial charge in [-0.05, 0) is 19.3 Å². The van der Waals surface area contributed by atoms with Gasteiger partial charge in [0.2, 0.25) is 0 Å². The summed E-state index contributed by atoms with van der Waals surface area (Å²) in [4.78, 5) is 10.9. The number of ether oxygens (including phenoxy) is 1. The summed E-state index contributed by atoms with van der Waals surface area (Å²) >= 11 is 0. The van der Waals surface area contributed by atoms with Crippen molar-refractivity contribution in [1.29, 1.82) is 0 Å². The molecule has 0 bridgehead atoms. The quantitative estimate of drug-likeness (QED) is 0.572. The Kier molecular flexibility index (Phi) is 4.05. The van der Waals surface area contributed by atoms with E-state index in [0.717, 1.165) is 0 Å². The first kappa shape index (κ1) is 14.3. The standard InChI is InChI=1S/C8H12F2O6S/c9-8(10,17(13,14)15)7(12)16-6-4-2-1-3-5(6)11/h5-6,11H,1-4H2,(H,13,14,15)/p-1. The molecule has 0 aromatic carbocycles. The monoisotopic (exact) mass is 273 g/mol. The summed E-state index contributed by atoms with van der Waals surface area (Å²) in [5.74, 6) is -2.43. The van der Waals surface area contributed by atoms with Crippen LogP contribution in [0, 0.1) is 0 Å². The van der Waals surface area contributed by atoms with Crippen LogP contribution in [0.5, 0.6) is 0 Å². The topological polar surface area (TPSA) is 104 Å². The van der Waals surface area contributed by atoms with Gasteiger partial charge in [-0.2, -0.15) is 8.78 Å². The lowest BCUT2D eigenvalue weighted by atomic mass is 9.95. The Morgan fingerprint density at radius 3 is 2.35 bits per heavy atom. The zero-order chi connectivity index (χ0) is 13.3. The molecule has 1 saturated carbocycles. The molecular weight excluding hydrogens is 262 g/mol. The van der Waals surface area contributed by atoms with E-state index in [4.69, 9.17) is 0 Å². The van der Waals surface area contributed by atoms with E-state index < -0.39 is 33.5 Å². The molecule has 1 N–H and O–H groups in total. The Labute approximate surface area is 96.3 Å². The second kappa shape index (κ2) is 4.83. The molecule has 0 spiro atoms. The number of alkyl halides is 2. The molecule has 1 rings (SSSR count). The summed E-state index contributed by atoms with van der Waals surface area (Å²) < 4.78 is 60.1. The Morgan fingerprint density at radius 1 is 1.35 bits per heavy atom. The highest BCUT2D eigenvalue weighted by Gasteiger charge is 2.49. The Bertz CT molecular complexity index is 393. The number of hydrogen-bond donors (Lipinski definition) is 1. The number of esters is 1. The first-order chi connectivity index (χ1) is 7.66. The van der Waals surface area contributed by atoms with Gasteiger partial charge in [0.05, 0.1) is 6.10 Å². The predicted octanol–water partition coefficient (Wildman–Crippen LogP) is -0.0289. The van der Waals surface area contributed by atoms with Crippen molar-refractivity contribution in [1.82, 2.24) is 0 Å². The average Bonchev–Trinajstić information content (AvgIpc) is 2.19. The summed E-state index contributed by atoms with van der Waals surface area (Å²) in [6, 6.07) is 0. The Morgan fingerprint density at radius 2 is 1.88 bits per heavy atom. The predicted molar refractivity (Wildman–Crippen MR) is 49.0 cm³/mol. The fourth-order valence-electron chi connectivity index (χ4n) is 1.52. The van der Waals surface area contributed by atoms with Crippen LogP contribution < -0.4 is 0 Å². The van der Waals surface area contributed by atoms with Gasteiger partial charge in [-0.25, -0.2) is 13.2 Å². The second-order valence-electron chi connectivity index (χ2n) is 3.77. The minimum absolute atomic E-state index is 0.155. The van der Waals surface area contributed by atoms with Crippen LogP contribution in [0.15, 0.2) is 0 Å². The number of carbonyl (C=O) groups excluding carboxylic acids is 1. The SMILES string of the molecule is O=C(OC1CCCCC1O)C(F)(F)S(=O)(=O)[O-]. The molecule has 9 heteroatoms. The summed E-state index contributed by atoms with van der Waals surface area (Å²) in [5.41, 5.74) is 0. The molecule has 0 aliphatic heterocycles. The molecule has 0 saturated heterocycles. The van der Waals surface area contributed by atoms with Crippen LogP contribution in [-0.4, -0.2) is 41.5 Å². The molecule has 100 valence electrons. The maximum Gasteiger partial charge on any atom is 0.428 e. The van der Waals surface area contributed by atoms with Crippen molar-refractivity contribution >= 4 is 16.1 Å². The maximum absolute atomic E-state index is 12.7. The third-order valence-corrected chi connectivity index (χ3v) is 3.27. The van der Waals surface area contributed by atoms with E-state index in [0.29, 0.717) is 12.8 Å². The summed E-state index contributed by atoms with van der Waals surface area (Å²) in [7, 11) is -6.11. The molecule has 1 fully saturated rings. The van der Waals surface area contributed by atoms with Crippen molar-refractivity contribution in [2.75, 3.05) is 0 Å². The molecular formula is C8H11F2O6S-. The molecule has 0 aromatic rings. The van der Waals surface area contributed by atoms with Crippen molar-refractivity contribution in [3.8, 4) is 0 Å². The van der Waals surface area contributed by atoms with Crippen molar-refractivity contribution in [3.05, 3.63) is 0 Å². The fourth-order valence-corrected chi connectivity index (χ4v) is 1.78. The van der Waals surface area contributed by atoms with Crippen LogP contribution in [0.2, 0.25) is 0 Å². The Balaban J connectivity index is 2.72. The second-order valence-corrected chi connectivity index (χ2v) is 5.19. The van der Waals surface area contributed by atoms with Crippen LogP contribution in [-0.2, 0) is 19.6 Å². The van der Waals surface area contributed by atoms with Gasteiger partial charge in [0.15, 0.2) is 10.1 Å². The van der Waals surface area contributed by atoms with Gasteiger partial charge in [-0.15, -0.1) is 0 Å². The molecule has 17 heavy (non-hydrogen) atoms. The zero-order valence-corrected chi connectivity index (χ0v) is 9.45. The van der Waals surface area contributed by atoms with Gasteiger partial charge < -0.3 is 14.4 Å². The third-order valence-electron chi connectivity index (χ3n) is 2.48. The van der Waals surface area contributed by atoms with Gasteiger partial charge in [-0.3, -0.25) is 0 Å². The van der Waals surface area contributed by atoms with Crippen molar-refractivity contribution in [2.45, 2.75) is 43.1 Å². The number of carbonyl (C=O) groups is 1. The summed E-state index contributed by atoms with van der Waals surface area (Å²) in [6.45, 7) is 0. The lowest BCUT2D eigenvalue weighted by Gasteiger charge is -2.29. The number of aliphatic hydroxyl groups excluding tert-OH is 1. The molecule has 2 unspecified atom stereocenters. The van der Waals surface area contributed by atoms with Crippen molar-refractivity contribution in [2.24, 2.45) is 0 Å². The van der Waals surface area contributed by atoms with Gasteiger partial charge in [0.1, 0.15) is 6.10 Å². The molecule has 1 aliphatic carbocycles. The van der Waals surface area contributed by atoms with Gasteiger partial charge in [-0.1, -0.05) is 6.42 Å². The highest BCUT2D eigenvalue weighted by atomic mass is 32.2. The fraction of sp³-hybridized carbons (Fsp3) is 0.875. The van der Waals surface area contributed by atoms with Crippen LogP contribution in [0.4, 0.5) is 8.78 Å². The highest BCUT2D eigenvalue weighted by molar-refractivity contribution is 7.87. The van der Waals surface area contributed by atoms with E-state index >= 15 is 0 Å². The lowest BCUT2D eigenvalue weighted by molar-refractivity contribution is -0.175. The molecule has 0 aromatic heterocycles. The van der Waals surface area contributed by atoms with Crippen LogP contribution in [0.3, 0.4) is 0 Å². The van der Waals surface area contributed by atoms with E-state index in [1.54, 1.807) is 0 Å². The first-order valence-electron chi connectivity index (χ1n) is 4.88. The minimum Gasteiger partial charge on any atom is -0.743 e. The summed E-state index contributed by atoms with van der Waals surface area (Å²) in [5, 5.41) is 4.22. The van der Waals surface area contributed by atoms with Gasteiger partial charge in [0, 0.05) is 0 Å². The number of aliphatic hydroxyl groups is 1. The lowest BCUT2D eigenvalue weighted by Crippen LogP contribution is -2.44. The van der Waals surface area contributed by atoms with Crippen LogP contribution >= 0.6 is 0 Å². The van der Waals surface area contributed by atoms with Crippen molar-refractivity contribution in [3.63, 3.8) is 0 Å². The average molecular weight is 273 g/mol. The van der Waals surface area contributed by atoms with Crippen molar-refractivity contribution < 1.29 is 36.4 Å². The normalized spacial score (nSPS) is 26.6. The number of rotatable bonds is 3. The minimum atomic E-state index is -6.11. The largest absolute Gasteiger partial charge is 0.743 e. The van der Waals surface area contributed by atoms with Crippen LogP contribution in [0.25, 0.3) is 0 Å². The van der Waals surface area contributed by atoms with Crippen LogP contribution in [0.1, 0.15) is 25.7 Å². The van der Waals surface area contributed by atoms with Gasteiger partial charge >= 0.3 is 11.2 Å². The number of halogens is 2. The Hall–Kier alpha value is -0.800. The molecule has 0 heterocycles. The van der Waals surface area contributed by atoms with Gasteiger partial charge in [0.25, 0.3) is 0 Å². The smallest absolute Gasteiger partial charge is 0.428 e. The van der Waals surface area contributed by atoms with E-state index in [9.17, 15) is 31.7 Å². The zero-order valence-electron chi connectivity index (χ0n) is 8.64. The highest BCUT2D eigenvalue weighted by Crippen LogP contribution is 2.27. The molecule has 1 aliphatic rings. The van der Waals surface area contributed by atoms with E-state index in [2.05, 4.69) is 4.74 Å². The third kappa shape index (κ3) is 3.11. The summed E-state index contributed by atoms with van der Waals surface area (Å²) in [6.07, 6.45) is -0.659. The molecule has 0 amide bonds. The van der Waals surface area contributed by atoms with E-state index in [1.165, 1.54) is 0 Å². The maximum atomic E-state index is 12.7.